The molecule has 0 atom stereocenters. The maximum atomic E-state index is 4.60. The van der Waals surface area contributed by atoms with Gasteiger partial charge in [-0.3, -0.25) is 0 Å². The van der Waals surface area contributed by atoms with Gasteiger partial charge in [0.05, 0.1) is 5.69 Å². The standard InChI is InChI=1S/C15H17N3.C3H6.2C2H6/c1-2-3-12-4-5-13-14(10-17-15(13)18-12)11-6-8-16-9-7-11;1-3-2;2*1-2/h2-6,10,16H,7-9H2,1H3,(H,17,18);3H,1H2,2H3;2*1-2H3/b3-2+;;;. The number of hydrogen-bond acceptors (Lipinski definition) is 2. The van der Waals surface area contributed by atoms with Crippen molar-refractivity contribution >= 4 is 22.7 Å². The molecule has 3 nitrogen and oxygen atoms in total. The predicted octanol–water partition coefficient (Wildman–Crippen LogP) is 6.22. The summed E-state index contributed by atoms with van der Waals surface area (Å²) in [4.78, 5) is 7.87. The zero-order chi connectivity index (χ0) is 19.1. The molecule has 3 heterocycles. The van der Waals surface area contributed by atoms with E-state index in [2.05, 4.69) is 46.3 Å². The van der Waals surface area contributed by atoms with Crippen molar-refractivity contribution in [2.75, 3.05) is 13.1 Å². The number of aromatic nitrogens is 2. The highest BCUT2D eigenvalue weighted by atomic mass is 14.9. The molecule has 0 unspecified atom stereocenters. The van der Waals surface area contributed by atoms with Crippen molar-refractivity contribution in [2.45, 2.75) is 48.0 Å². The number of nitrogens with zero attached hydrogens (tertiary/aromatic N) is 1. The summed E-state index contributed by atoms with van der Waals surface area (Å²) in [6.07, 6.45) is 11.2. The molecule has 3 rings (SSSR count). The molecule has 0 aromatic carbocycles. The molecule has 0 bridgehead atoms. The van der Waals surface area contributed by atoms with Crippen molar-refractivity contribution in [1.29, 1.82) is 0 Å². The molecule has 1 aliphatic rings. The molecule has 0 saturated carbocycles. The Kier molecular flexibility index (Phi) is 13.0. The molecule has 0 radical (unpaired) electrons. The van der Waals surface area contributed by atoms with Crippen molar-refractivity contribution in [3.63, 3.8) is 0 Å². The number of H-pyrrole nitrogens is 1. The first-order chi connectivity index (χ1) is 12.3. The Labute approximate surface area is 154 Å². The van der Waals surface area contributed by atoms with Crippen LogP contribution in [0, 0.1) is 0 Å². The van der Waals surface area contributed by atoms with E-state index in [1.807, 2.05) is 53.7 Å². The van der Waals surface area contributed by atoms with Crippen LogP contribution < -0.4 is 5.32 Å². The summed E-state index contributed by atoms with van der Waals surface area (Å²) in [7, 11) is 0. The fourth-order valence-corrected chi connectivity index (χ4v) is 2.42. The van der Waals surface area contributed by atoms with Gasteiger partial charge in [-0.2, -0.15) is 0 Å². The minimum Gasteiger partial charge on any atom is -0.346 e. The summed E-state index contributed by atoms with van der Waals surface area (Å²) in [5.41, 5.74) is 4.68. The second-order valence-corrected chi connectivity index (χ2v) is 4.93. The van der Waals surface area contributed by atoms with Crippen LogP contribution in [0.5, 0.6) is 0 Å². The average Bonchev–Trinajstić information content (AvgIpc) is 3.10. The lowest BCUT2D eigenvalue weighted by Gasteiger charge is -2.13. The number of aromatic amines is 1. The smallest absolute Gasteiger partial charge is 0.138 e. The van der Waals surface area contributed by atoms with Crippen LogP contribution in [0.4, 0.5) is 0 Å². The third-order valence-corrected chi connectivity index (χ3v) is 3.31. The molecule has 138 valence electrons. The zero-order valence-corrected chi connectivity index (χ0v) is 16.8. The van der Waals surface area contributed by atoms with Crippen LogP contribution in [0.2, 0.25) is 0 Å². The third-order valence-electron chi connectivity index (χ3n) is 3.31. The number of fused-ring (bicyclic) bond motifs is 1. The van der Waals surface area contributed by atoms with Crippen molar-refractivity contribution in [1.82, 2.24) is 15.3 Å². The van der Waals surface area contributed by atoms with Crippen molar-refractivity contribution < 1.29 is 0 Å². The van der Waals surface area contributed by atoms with Crippen LogP contribution in [-0.4, -0.2) is 23.1 Å². The molecule has 0 aliphatic carbocycles. The molecule has 0 saturated heterocycles. The SMILES string of the molecule is C/C=C/c1ccc2c(C3=CCNCC3)c[nH]c2n1.C=CC.CC.CC. The molecule has 0 amide bonds. The molecule has 2 N–H and O–H groups in total. The molecule has 25 heavy (non-hydrogen) atoms. The summed E-state index contributed by atoms with van der Waals surface area (Å²) >= 11 is 0. The minimum atomic E-state index is 0.964. The monoisotopic (exact) mass is 341 g/mol. The number of allylic oxidation sites excluding steroid dienone is 2. The van der Waals surface area contributed by atoms with Gasteiger partial charge in [0.25, 0.3) is 0 Å². The maximum Gasteiger partial charge on any atom is 0.138 e. The highest BCUT2D eigenvalue weighted by Crippen LogP contribution is 2.27. The fourth-order valence-electron chi connectivity index (χ4n) is 2.42. The summed E-state index contributed by atoms with van der Waals surface area (Å²) in [5.74, 6) is 0. The lowest BCUT2D eigenvalue weighted by atomic mass is 10.0. The molecule has 0 spiro atoms. The van der Waals surface area contributed by atoms with Crippen LogP contribution in [0.1, 0.15) is 59.2 Å². The number of pyridine rings is 1. The van der Waals surface area contributed by atoms with E-state index in [-0.39, 0.29) is 0 Å². The van der Waals surface area contributed by atoms with E-state index in [1.165, 1.54) is 16.5 Å². The molecule has 1 aliphatic heterocycles. The van der Waals surface area contributed by atoms with E-state index in [1.54, 1.807) is 6.08 Å². The first kappa shape index (κ1) is 22.9. The number of nitrogens with one attached hydrogen (secondary N) is 2. The third kappa shape index (κ3) is 7.10. The lowest BCUT2D eigenvalue weighted by molar-refractivity contribution is 0.739. The minimum absolute atomic E-state index is 0.964. The van der Waals surface area contributed by atoms with Crippen LogP contribution in [-0.2, 0) is 0 Å². The van der Waals surface area contributed by atoms with E-state index in [0.717, 1.165) is 30.9 Å². The van der Waals surface area contributed by atoms with Gasteiger partial charge < -0.3 is 10.3 Å². The largest absolute Gasteiger partial charge is 0.346 e. The Bertz CT molecular complexity index is 663. The molecule has 3 heteroatoms. The second-order valence-electron chi connectivity index (χ2n) is 4.93. The first-order valence-electron chi connectivity index (χ1n) is 9.38. The van der Waals surface area contributed by atoms with E-state index in [9.17, 15) is 0 Å². The molecular formula is C22H35N3. The molecule has 2 aromatic heterocycles. The molecular weight excluding hydrogens is 306 g/mol. The Morgan fingerprint density at radius 3 is 2.36 bits per heavy atom. The molecule has 0 fully saturated rings. The Morgan fingerprint density at radius 2 is 1.80 bits per heavy atom. The van der Waals surface area contributed by atoms with Crippen molar-refractivity contribution in [2.24, 2.45) is 0 Å². The highest BCUT2D eigenvalue weighted by molar-refractivity contribution is 5.91. The normalized spacial score (nSPS) is 12.8. The van der Waals surface area contributed by atoms with Gasteiger partial charge in [-0.1, -0.05) is 45.9 Å². The average molecular weight is 342 g/mol. The number of rotatable bonds is 2. The highest BCUT2D eigenvalue weighted by Gasteiger charge is 2.11. The van der Waals surface area contributed by atoms with Crippen molar-refractivity contribution in [3.8, 4) is 0 Å². The van der Waals surface area contributed by atoms with Gasteiger partial charge in [0.1, 0.15) is 5.65 Å². The maximum absolute atomic E-state index is 4.60. The van der Waals surface area contributed by atoms with E-state index >= 15 is 0 Å². The summed E-state index contributed by atoms with van der Waals surface area (Å²) in [5, 5.41) is 4.56. The van der Waals surface area contributed by atoms with Crippen LogP contribution >= 0.6 is 0 Å². The van der Waals surface area contributed by atoms with Gasteiger partial charge in [0, 0.05) is 23.7 Å². The lowest BCUT2D eigenvalue weighted by Crippen LogP contribution is -2.19. The summed E-state index contributed by atoms with van der Waals surface area (Å²) in [6, 6.07) is 4.23. The first-order valence-corrected chi connectivity index (χ1v) is 9.38. The quantitative estimate of drug-likeness (QED) is 0.637. The summed E-state index contributed by atoms with van der Waals surface area (Å²) in [6.45, 7) is 17.3. The van der Waals surface area contributed by atoms with Gasteiger partial charge in [0.15, 0.2) is 0 Å². The second kappa shape index (κ2) is 14.2. The topological polar surface area (TPSA) is 40.7 Å². The Morgan fingerprint density at radius 1 is 1.12 bits per heavy atom. The van der Waals surface area contributed by atoms with E-state index in [0.29, 0.717) is 0 Å². The Balaban J connectivity index is 0.000000728. The van der Waals surface area contributed by atoms with Gasteiger partial charge in [-0.25, -0.2) is 4.98 Å². The fraction of sp³-hybridized carbons (Fsp3) is 0.409. The van der Waals surface area contributed by atoms with Gasteiger partial charge in [-0.05, 0) is 50.6 Å². The van der Waals surface area contributed by atoms with Crippen LogP contribution in [0.25, 0.3) is 22.7 Å². The predicted molar refractivity (Wildman–Crippen MR) is 115 cm³/mol. The molecule has 2 aromatic rings. The van der Waals surface area contributed by atoms with Gasteiger partial charge in [-0.15, -0.1) is 6.58 Å². The van der Waals surface area contributed by atoms with Crippen molar-refractivity contribution in [3.05, 3.63) is 54.4 Å². The zero-order valence-electron chi connectivity index (χ0n) is 16.8. The van der Waals surface area contributed by atoms with E-state index < -0.39 is 0 Å². The van der Waals surface area contributed by atoms with Gasteiger partial charge in [0.2, 0.25) is 0 Å². The summed E-state index contributed by atoms with van der Waals surface area (Å²) < 4.78 is 0. The number of hydrogen-bond donors (Lipinski definition) is 2. The van der Waals surface area contributed by atoms with Crippen LogP contribution in [0.3, 0.4) is 0 Å². The van der Waals surface area contributed by atoms with Crippen LogP contribution in [0.15, 0.2) is 43.1 Å². The Hall–Kier alpha value is -2.13. The van der Waals surface area contributed by atoms with E-state index in [4.69, 9.17) is 0 Å². The van der Waals surface area contributed by atoms with Gasteiger partial charge >= 0.3 is 0 Å².